The van der Waals surface area contributed by atoms with Crippen molar-refractivity contribution in [2.75, 3.05) is 44.7 Å². The van der Waals surface area contributed by atoms with E-state index in [1.54, 1.807) is 34.1 Å². The van der Waals surface area contributed by atoms with Gasteiger partial charge in [0.1, 0.15) is 0 Å². The Labute approximate surface area is 194 Å². The highest BCUT2D eigenvalue weighted by Crippen LogP contribution is 2.21. The van der Waals surface area contributed by atoms with Crippen molar-refractivity contribution in [1.82, 2.24) is 9.80 Å². The number of nitrogens with one attached hydrogen (secondary N) is 1. The summed E-state index contributed by atoms with van der Waals surface area (Å²) in [5.74, 6) is -0.120. The van der Waals surface area contributed by atoms with Gasteiger partial charge in [0.15, 0.2) is 0 Å². The second-order valence-corrected chi connectivity index (χ2v) is 8.95. The highest BCUT2D eigenvalue weighted by Gasteiger charge is 2.25. The molecule has 174 valence electrons. The Morgan fingerprint density at radius 1 is 1.12 bits per heavy atom. The van der Waals surface area contributed by atoms with Crippen LogP contribution in [0.2, 0.25) is 0 Å². The lowest BCUT2D eigenvalue weighted by molar-refractivity contribution is 0.0564. The third kappa shape index (κ3) is 6.78. The molecule has 0 bridgehead atoms. The largest absolute Gasteiger partial charge is 0.378 e. The van der Waals surface area contributed by atoms with E-state index in [1.165, 1.54) is 0 Å². The topological polar surface area (TPSA) is 112 Å². The molecule has 0 saturated carbocycles. The molecule has 2 aromatic rings. The van der Waals surface area contributed by atoms with Gasteiger partial charge in [0.05, 0.1) is 24.8 Å². The van der Waals surface area contributed by atoms with Gasteiger partial charge in [-0.05, 0) is 53.9 Å². The first kappa shape index (κ1) is 24.2. The smallest absolute Gasteiger partial charge is 0.321 e. The standard InChI is InChI=1S/C25H31N5O3/c1-25(2,17-27)18-30(23(31)21-7-3-19(15-26)4-8-21)16-20-5-9-22(10-6-20)28-24(32)29-11-13-33-14-12-29/h3-10H,11-14,16-18,27H2,1-2H3,(H,28,32). The number of anilines is 1. The molecule has 8 heteroatoms. The number of nitrogens with two attached hydrogens (primary N) is 1. The van der Waals surface area contributed by atoms with Crippen LogP contribution in [0, 0.1) is 16.7 Å². The number of ether oxygens (including phenoxy) is 1. The zero-order valence-corrected chi connectivity index (χ0v) is 19.2. The van der Waals surface area contributed by atoms with Gasteiger partial charge in [0.2, 0.25) is 0 Å². The predicted molar refractivity (Wildman–Crippen MR) is 127 cm³/mol. The number of nitrogens with zero attached hydrogens (tertiary/aromatic N) is 3. The molecule has 0 radical (unpaired) electrons. The van der Waals surface area contributed by atoms with Gasteiger partial charge in [0, 0.05) is 37.4 Å². The summed E-state index contributed by atoms with van der Waals surface area (Å²) in [4.78, 5) is 29.1. The van der Waals surface area contributed by atoms with Crippen molar-refractivity contribution in [2.24, 2.45) is 11.1 Å². The van der Waals surface area contributed by atoms with Gasteiger partial charge in [-0.2, -0.15) is 5.26 Å². The van der Waals surface area contributed by atoms with E-state index in [1.807, 2.05) is 38.1 Å². The van der Waals surface area contributed by atoms with E-state index < -0.39 is 0 Å². The number of morpholine rings is 1. The number of hydrogen-bond acceptors (Lipinski definition) is 5. The van der Waals surface area contributed by atoms with E-state index in [4.69, 9.17) is 15.7 Å². The molecule has 2 aromatic carbocycles. The normalized spacial score (nSPS) is 13.8. The number of benzene rings is 2. The lowest BCUT2D eigenvalue weighted by atomic mass is 9.92. The lowest BCUT2D eigenvalue weighted by Crippen LogP contribution is -2.43. The van der Waals surface area contributed by atoms with Gasteiger partial charge in [-0.15, -0.1) is 0 Å². The van der Waals surface area contributed by atoms with Crippen molar-refractivity contribution in [3.05, 3.63) is 65.2 Å². The number of rotatable bonds is 7. The second kappa shape index (κ2) is 10.9. The van der Waals surface area contributed by atoms with Gasteiger partial charge < -0.3 is 25.6 Å². The number of urea groups is 1. The number of nitriles is 1. The fourth-order valence-corrected chi connectivity index (χ4v) is 3.53. The van der Waals surface area contributed by atoms with Crippen LogP contribution in [0.15, 0.2) is 48.5 Å². The van der Waals surface area contributed by atoms with Crippen molar-refractivity contribution in [3.63, 3.8) is 0 Å². The van der Waals surface area contributed by atoms with Crippen molar-refractivity contribution in [3.8, 4) is 6.07 Å². The van der Waals surface area contributed by atoms with Crippen molar-refractivity contribution < 1.29 is 14.3 Å². The fraction of sp³-hybridized carbons (Fsp3) is 0.400. The van der Waals surface area contributed by atoms with Crippen LogP contribution in [-0.4, -0.2) is 61.1 Å². The summed E-state index contributed by atoms with van der Waals surface area (Å²) in [6.07, 6.45) is 0. The summed E-state index contributed by atoms with van der Waals surface area (Å²) in [7, 11) is 0. The second-order valence-electron chi connectivity index (χ2n) is 8.95. The Balaban J connectivity index is 1.71. The molecule has 1 fully saturated rings. The summed E-state index contributed by atoms with van der Waals surface area (Å²) in [5, 5.41) is 11.9. The fourth-order valence-electron chi connectivity index (χ4n) is 3.53. The van der Waals surface area contributed by atoms with E-state index in [-0.39, 0.29) is 17.4 Å². The summed E-state index contributed by atoms with van der Waals surface area (Å²) >= 11 is 0. The van der Waals surface area contributed by atoms with Crippen molar-refractivity contribution in [1.29, 1.82) is 5.26 Å². The van der Waals surface area contributed by atoms with Gasteiger partial charge >= 0.3 is 6.03 Å². The molecule has 1 saturated heterocycles. The first-order valence-electron chi connectivity index (χ1n) is 11.0. The molecule has 0 atom stereocenters. The summed E-state index contributed by atoms with van der Waals surface area (Å²) in [6, 6.07) is 16.1. The summed E-state index contributed by atoms with van der Waals surface area (Å²) in [5.41, 5.74) is 8.34. The molecule has 33 heavy (non-hydrogen) atoms. The van der Waals surface area contributed by atoms with E-state index in [0.29, 0.717) is 62.8 Å². The van der Waals surface area contributed by atoms with E-state index in [2.05, 4.69) is 11.4 Å². The van der Waals surface area contributed by atoms with Crippen LogP contribution in [0.3, 0.4) is 0 Å². The molecule has 0 unspecified atom stereocenters. The van der Waals surface area contributed by atoms with Crippen LogP contribution in [0.4, 0.5) is 10.5 Å². The molecule has 1 aliphatic heterocycles. The first-order chi connectivity index (χ1) is 15.8. The zero-order chi connectivity index (χ0) is 23.8. The highest BCUT2D eigenvalue weighted by atomic mass is 16.5. The molecule has 3 amide bonds. The zero-order valence-electron chi connectivity index (χ0n) is 19.2. The van der Waals surface area contributed by atoms with Crippen molar-refractivity contribution in [2.45, 2.75) is 20.4 Å². The lowest BCUT2D eigenvalue weighted by Gasteiger charge is -2.32. The number of amides is 3. The van der Waals surface area contributed by atoms with Crippen LogP contribution in [0.25, 0.3) is 0 Å². The first-order valence-corrected chi connectivity index (χ1v) is 11.0. The highest BCUT2D eigenvalue weighted by molar-refractivity contribution is 5.94. The van der Waals surface area contributed by atoms with Gasteiger partial charge in [-0.3, -0.25) is 4.79 Å². The molecule has 0 aromatic heterocycles. The molecule has 3 N–H and O–H groups in total. The van der Waals surface area contributed by atoms with Crippen LogP contribution in [-0.2, 0) is 11.3 Å². The predicted octanol–water partition coefficient (Wildman–Crippen LogP) is 3.05. The number of carbonyl (C=O) groups excluding carboxylic acids is 2. The van der Waals surface area contributed by atoms with Crippen LogP contribution < -0.4 is 11.1 Å². The van der Waals surface area contributed by atoms with Crippen LogP contribution in [0.5, 0.6) is 0 Å². The molecular weight excluding hydrogens is 418 g/mol. The van der Waals surface area contributed by atoms with E-state index in [9.17, 15) is 9.59 Å². The SMILES string of the molecule is CC(C)(CN)CN(Cc1ccc(NC(=O)N2CCOCC2)cc1)C(=O)c1ccc(C#N)cc1. The quantitative estimate of drug-likeness (QED) is 0.675. The molecule has 1 heterocycles. The Morgan fingerprint density at radius 2 is 1.76 bits per heavy atom. The third-order valence-electron chi connectivity index (χ3n) is 5.60. The van der Waals surface area contributed by atoms with Gasteiger partial charge in [0.25, 0.3) is 5.91 Å². The maximum atomic E-state index is 13.3. The van der Waals surface area contributed by atoms with Crippen molar-refractivity contribution >= 4 is 17.6 Å². The maximum Gasteiger partial charge on any atom is 0.321 e. The average molecular weight is 450 g/mol. The number of hydrogen-bond donors (Lipinski definition) is 2. The van der Waals surface area contributed by atoms with Crippen LogP contribution >= 0.6 is 0 Å². The van der Waals surface area contributed by atoms with Gasteiger partial charge in [-0.25, -0.2) is 4.79 Å². The molecule has 3 rings (SSSR count). The minimum absolute atomic E-state index is 0.120. The average Bonchev–Trinajstić information content (AvgIpc) is 2.85. The Hall–Kier alpha value is -3.41. The maximum absolute atomic E-state index is 13.3. The molecule has 0 spiro atoms. The summed E-state index contributed by atoms with van der Waals surface area (Å²) < 4.78 is 5.28. The third-order valence-corrected chi connectivity index (χ3v) is 5.60. The van der Waals surface area contributed by atoms with E-state index in [0.717, 1.165) is 5.56 Å². The molecule has 8 nitrogen and oxygen atoms in total. The van der Waals surface area contributed by atoms with Crippen LogP contribution in [0.1, 0.15) is 35.3 Å². The minimum Gasteiger partial charge on any atom is -0.378 e. The molecule has 1 aliphatic rings. The van der Waals surface area contributed by atoms with E-state index >= 15 is 0 Å². The Morgan fingerprint density at radius 3 is 2.33 bits per heavy atom. The molecular formula is C25H31N5O3. The monoisotopic (exact) mass is 449 g/mol. The minimum atomic E-state index is -0.256. The Bertz CT molecular complexity index is 990. The molecule has 0 aliphatic carbocycles. The Kier molecular flexibility index (Phi) is 8.04. The summed E-state index contributed by atoms with van der Waals surface area (Å²) in [6.45, 7) is 7.63. The number of carbonyl (C=O) groups is 2. The van der Waals surface area contributed by atoms with Gasteiger partial charge in [-0.1, -0.05) is 26.0 Å².